The van der Waals surface area contributed by atoms with E-state index in [9.17, 15) is 5.11 Å². The first-order chi connectivity index (χ1) is 9.75. The molecule has 0 fully saturated rings. The molecule has 0 bridgehead atoms. The summed E-state index contributed by atoms with van der Waals surface area (Å²) < 4.78 is 4.04. The molecule has 98 valence electrons. The van der Waals surface area contributed by atoms with Gasteiger partial charge in [-0.05, 0) is 18.2 Å². The zero-order valence-electron chi connectivity index (χ0n) is 11.0. The lowest BCUT2D eigenvalue weighted by molar-refractivity contribution is 0.476. The van der Waals surface area contributed by atoms with Crippen LogP contribution in [0.5, 0.6) is 5.75 Å². The highest BCUT2D eigenvalue weighted by molar-refractivity contribution is 6.09. The molecule has 0 aliphatic rings. The van der Waals surface area contributed by atoms with Gasteiger partial charge in [-0.15, -0.1) is 0 Å². The van der Waals surface area contributed by atoms with Gasteiger partial charge >= 0.3 is 0 Å². The maximum atomic E-state index is 9.81. The fourth-order valence-electron chi connectivity index (χ4n) is 2.75. The van der Waals surface area contributed by atoms with Gasteiger partial charge < -0.3 is 9.67 Å². The van der Waals surface area contributed by atoms with Gasteiger partial charge in [0.1, 0.15) is 5.75 Å². The van der Waals surface area contributed by atoms with E-state index in [2.05, 4.69) is 21.7 Å². The van der Waals surface area contributed by atoms with Crippen molar-refractivity contribution in [1.29, 1.82) is 0 Å². The van der Waals surface area contributed by atoms with Crippen molar-refractivity contribution in [3.05, 3.63) is 54.9 Å². The first kappa shape index (κ1) is 11.1. The minimum absolute atomic E-state index is 0.260. The molecule has 0 amide bonds. The van der Waals surface area contributed by atoms with Crippen LogP contribution in [0, 0.1) is 0 Å². The maximum absolute atomic E-state index is 9.81. The Labute approximate surface area is 115 Å². The summed E-state index contributed by atoms with van der Waals surface area (Å²) in [7, 11) is 1.96. The molecule has 4 heteroatoms. The number of phenolic OH excluding ortho intramolecular Hbond substituents is 1. The number of hydrogen-bond donors (Lipinski definition) is 1. The molecule has 2 aromatic carbocycles. The SMILES string of the molecule is Cn1ccnc1-n1c2ccccc2c2ccc(O)cc21. The number of benzene rings is 2. The monoisotopic (exact) mass is 263 g/mol. The number of aromatic nitrogens is 3. The minimum atomic E-state index is 0.260. The standard InChI is InChI=1S/C16H13N3O/c1-18-9-8-17-16(18)19-14-5-3-2-4-12(14)13-7-6-11(20)10-15(13)19/h2-10,20H,1H3. The third-order valence-electron chi connectivity index (χ3n) is 3.65. The number of phenols is 1. The molecule has 0 atom stereocenters. The molecule has 2 heterocycles. The number of aromatic hydroxyl groups is 1. The number of fused-ring (bicyclic) bond motifs is 3. The topological polar surface area (TPSA) is 43.0 Å². The van der Waals surface area contributed by atoms with E-state index < -0.39 is 0 Å². The third kappa shape index (κ3) is 1.39. The first-order valence-corrected chi connectivity index (χ1v) is 6.45. The summed E-state index contributed by atoms with van der Waals surface area (Å²) in [6.07, 6.45) is 3.69. The molecule has 1 N–H and O–H groups in total. The maximum Gasteiger partial charge on any atom is 0.214 e. The van der Waals surface area contributed by atoms with E-state index in [1.165, 1.54) is 0 Å². The first-order valence-electron chi connectivity index (χ1n) is 6.45. The lowest BCUT2D eigenvalue weighted by Crippen LogP contribution is -2.02. The predicted octanol–water partition coefficient (Wildman–Crippen LogP) is 3.22. The van der Waals surface area contributed by atoms with Gasteiger partial charge in [-0.2, -0.15) is 0 Å². The van der Waals surface area contributed by atoms with Crippen LogP contribution in [0.2, 0.25) is 0 Å². The quantitative estimate of drug-likeness (QED) is 0.573. The van der Waals surface area contributed by atoms with Crippen molar-refractivity contribution in [1.82, 2.24) is 14.1 Å². The Morgan fingerprint density at radius 3 is 2.60 bits per heavy atom. The van der Waals surface area contributed by atoms with E-state index in [0.29, 0.717) is 0 Å². The van der Waals surface area contributed by atoms with Gasteiger partial charge in [0.15, 0.2) is 0 Å². The number of para-hydroxylation sites is 1. The summed E-state index contributed by atoms with van der Waals surface area (Å²) in [5, 5.41) is 12.1. The number of nitrogens with zero attached hydrogens (tertiary/aromatic N) is 3. The van der Waals surface area contributed by atoms with Crippen molar-refractivity contribution >= 4 is 21.8 Å². The molecule has 0 saturated carbocycles. The Hall–Kier alpha value is -2.75. The smallest absolute Gasteiger partial charge is 0.214 e. The van der Waals surface area contributed by atoms with Crippen molar-refractivity contribution in [3.8, 4) is 11.7 Å². The average Bonchev–Trinajstić information content (AvgIpc) is 2.99. The number of hydrogen-bond acceptors (Lipinski definition) is 2. The molecular formula is C16H13N3O. The van der Waals surface area contributed by atoms with Gasteiger partial charge in [0.2, 0.25) is 5.95 Å². The van der Waals surface area contributed by atoms with Crippen molar-refractivity contribution in [3.63, 3.8) is 0 Å². The van der Waals surface area contributed by atoms with Crippen LogP contribution in [-0.4, -0.2) is 19.2 Å². The molecule has 0 unspecified atom stereocenters. The van der Waals surface area contributed by atoms with Crippen LogP contribution < -0.4 is 0 Å². The van der Waals surface area contributed by atoms with Gasteiger partial charge in [0.25, 0.3) is 0 Å². The van der Waals surface area contributed by atoms with Gasteiger partial charge in [-0.25, -0.2) is 4.98 Å². The van der Waals surface area contributed by atoms with E-state index in [1.807, 2.05) is 36.0 Å². The summed E-state index contributed by atoms with van der Waals surface area (Å²) >= 11 is 0. The third-order valence-corrected chi connectivity index (χ3v) is 3.65. The Morgan fingerprint density at radius 2 is 1.80 bits per heavy atom. The van der Waals surface area contributed by atoms with Gasteiger partial charge in [0.05, 0.1) is 11.0 Å². The summed E-state index contributed by atoms with van der Waals surface area (Å²) in [6.45, 7) is 0. The summed E-state index contributed by atoms with van der Waals surface area (Å²) in [4.78, 5) is 4.43. The van der Waals surface area contributed by atoms with Crippen LogP contribution in [0.25, 0.3) is 27.8 Å². The van der Waals surface area contributed by atoms with Crippen LogP contribution in [0.1, 0.15) is 0 Å². The second-order valence-electron chi connectivity index (χ2n) is 4.89. The highest BCUT2D eigenvalue weighted by Gasteiger charge is 2.14. The molecule has 4 rings (SSSR count). The Balaban J connectivity index is 2.26. The van der Waals surface area contributed by atoms with Gasteiger partial charge in [-0.3, -0.25) is 4.57 Å². The minimum Gasteiger partial charge on any atom is -0.508 e. The normalized spacial score (nSPS) is 11.4. The van der Waals surface area contributed by atoms with Crippen molar-refractivity contribution in [2.24, 2.45) is 7.05 Å². The molecule has 4 nitrogen and oxygen atoms in total. The molecular weight excluding hydrogens is 250 g/mol. The lowest BCUT2D eigenvalue weighted by Gasteiger charge is -2.06. The number of imidazole rings is 1. The van der Waals surface area contributed by atoms with Crippen LogP contribution in [-0.2, 0) is 7.05 Å². The predicted molar refractivity (Wildman–Crippen MR) is 79.2 cm³/mol. The molecule has 0 aliphatic carbocycles. The lowest BCUT2D eigenvalue weighted by atomic mass is 10.1. The number of rotatable bonds is 1. The molecule has 4 aromatic rings. The van der Waals surface area contributed by atoms with Crippen molar-refractivity contribution in [2.45, 2.75) is 0 Å². The fraction of sp³-hybridized carbons (Fsp3) is 0.0625. The van der Waals surface area contributed by atoms with E-state index in [1.54, 1.807) is 18.3 Å². The Kier molecular flexibility index (Phi) is 2.15. The van der Waals surface area contributed by atoms with Crippen LogP contribution in [0.15, 0.2) is 54.9 Å². The van der Waals surface area contributed by atoms with E-state index in [0.717, 1.165) is 27.8 Å². The average molecular weight is 263 g/mol. The second kappa shape index (κ2) is 3.87. The van der Waals surface area contributed by atoms with Gasteiger partial charge in [0, 0.05) is 36.3 Å². The Bertz CT molecular complexity index is 933. The molecule has 0 spiro atoms. The van der Waals surface area contributed by atoms with Crippen LogP contribution >= 0.6 is 0 Å². The molecule has 0 saturated heterocycles. The van der Waals surface area contributed by atoms with Gasteiger partial charge in [-0.1, -0.05) is 18.2 Å². The molecule has 2 aromatic heterocycles. The van der Waals surface area contributed by atoms with Crippen LogP contribution in [0.4, 0.5) is 0 Å². The molecule has 20 heavy (non-hydrogen) atoms. The van der Waals surface area contributed by atoms with Crippen molar-refractivity contribution in [2.75, 3.05) is 0 Å². The highest BCUT2D eigenvalue weighted by atomic mass is 16.3. The molecule has 0 radical (unpaired) electrons. The number of aryl methyl sites for hydroxylation is 1. The molecule has 0 aliphatic heterocycles. The summed E-state index contributed by atoms with van der Waals surface area (Å²) in [5.74, 6) is 1.09. The zero-order valence-corrected chi connectivity index (χ0v) is 11.0. The van der Waals surface area contributed by atoms with E-state index >= 15 is 0 Å². The van der Waals surface area contributed by atoms with E-state index in [-0.39, 0.29) is 5.75 Å². The largest absolute Gasteiger partial charge is 0.508 e. The summed E-state index contributed by atoms with van der Waals surface area (Å²) in [5.41, 5.74) is 2.04. The fourth-order valence-corrected chi connectivity index (χ4v) is 2.75. The zero-order chi connectivity index (χ0) is 13.7. The van der Waals surface area contributed by atoms with E-state index in [4.69, 9.17) is 0 Å². The highest BCUT2D eigenvalue weighted by Crippen LogP contribution is 2.32. The Morgan fingerprint density at radius 1 is 1.00 bits per heavy atom. The van der Waals surface area contributed by atoms with Crippen LogP contribution in [0.3, 0.4) is 0 Å². The second-order valence-corrected chi connectivity index (χ2v) is 4.89. The van der Waals surface area contributed by atoms with Crippen molar-refractivity contribution < 1.29 is 5.11 Å². The summed E-state index contributed by atoms with van der Waals surface area (Å²) in [6, 6.07) is 13.7.